The first-order valence-electron chi connectivity index (χ1n) is 7.69. The van der Waals surface area contributed by atoms with E-state index in [1.54, 1.807) is 16.7 Å². The Morgan fingerprint density at radius 2 is 1.79 bits per heavy atom. The average Bonchev–Trinajstić information content (AvgIpc) is 2.99. The van der Waals surface area contributed by atoms with E-state index in [9.17, 15) is 9.18 Å². The molecule has 0 radical (unpaired) electrons. The van der Waals surface area contributed by atoms with Crippen LogP contribution in [0.15, 0.2) is 42.5 Å². The van der Waals surface area contributed by atoms with Crippen molar-refractivity contribution in [2.24, 2.45) is 0 Å². The van der Waals surface area contributed by atoms with Gasteiger partial charge in [-0.3, -0.25) is 9.36 Å². The summed E-state index contributed by atoms with van der Waals surface area (Å²) in [7, 11) is 4.02. The zero-order valence-corrected chi connectivity index (χ0v) is 14.4. The third kappa shape index (κ3) is 2.34. The SMILES string of the molecule is CN(C)CCc1c2n(c3ccc(F)cc13)C(=O)c1ccccc1-2.Cl. The van der Waals surface area contributed by atoms with Crippen LogP contribution in [0, 0.1) is 5.82 Å². The second kappa shape index (κ2) is 6.04. The molecule has 4 rings (SSSR count). The topological polar surface area (TPSA) is 25.2 Å². The Kier molecular flexibility index (Phi) is 4.20. The maximum absolute atomic E-state index is 13.8. The lowest BCUT2D eigenvalue weighted by atomic mass is 10.00. The normalized spacial score (nSPS) is 12.4. The number of carbonyl (C=O) groups excluding carboxylic acids is 1. The highest BCUT2D eigenvalue weighted by Gasteiger charge is 2.31. The average molecular weight is 345 g/mol. The van der Waals surface area contributed by atoms with Gasteiger partial charge in [-0.15, -0.1) is 12.4 Å². The summed E-state index contributed by atoms with van der Waals surface area (Å²) in [6.07, 6.45) is 0.775. The molecule has 0 saturated heterocycles. The fourth-order valence-corrected chi connectivity index (χ4v) is 3.41. The predicted octanol–water partition coefficient (Wildman–Crippen LogP) is 3.98. The van der Waals surface area contributed by atoms with Gasteiger partial charge in [-0.1, -0.05) is 18.2 Å². The summed E-state index contributed by atoms with van der Waals surface area (Å²) in [4.78, 5) is 14.9. The third-order valence-corrected chi connectivity index (χ3v) is 4.46. The summed E-state index contributed by atoms with van der Waals surface area (Å²) in [5.41, 5.74) is 4.43. The van der Waals surface area contributed by atoms with E-state index in [1.165, 1.54) is 6.07 Å². The number of rotatable bonds is 3. The van der Waals surface area contributed by atoms with Gasteiger partial charge in [0, 0.05) is 23.1 Å². The second-order valence-electron chi connectivity index (χ2n) is 6.23. The summed E-state index contributed by atoms with van der Waals surface area (Å²) in [6.45, 7) is 0.846. The van der Waals surface area contributed by atoms with Crippen LogP contribution in [0.5, 0.6) is 0 Å². The van der Waals surface area contributed by atoms with Crippen molar-refractivity contribution < 1.29 is 9.18 Å². The second-order valence-corrected chi connectivity index (χ2v) is 6.23. The maximum Gasteiger partial charge on any atom is 0.263 e. The Balaban J connectivity index is 0.00000169. The van der Waals surface area contributed by atoms with Gasteiger partial charge in [-0.2, -0.15) is 0 Å². The van der Waals surface area contributed by atoms with Gasteiger partial charge in [0.05, 0.1) is 11.2 Å². The highest BCUT2D eigenvalue weighted by molar-refractivity contribution is 6.15. The number of fused-ring (bicyclic) bond motifs is 5. The molecule has 2 heterocycles. The molecular formula is C19H18ClFN2O. The van der Waals surface area contributed by atoms with Crippen LogP contribution in [0.4, 0.5) is 4.39 Å². The lowest BCUT2D eigenvalue weighted by molar-refractivity contribution is 0.0973. The molecule has 0 N–H and O–H groups in total. The molecule has 2 aromatic carbocycles. The molecule has 1 aromatic heterocycles. The predicted molar refractivity (Wildman–Crippen MR) is 96.6 cm³/mol. The smallest absolute Gasteiger partial charge is 0.263 e. The highest BCUT2D eigenvalue weighted by Crippen LogP contribution is 2.41. The summed E-state index contributed by atoms with van der Waals surface area (Å²) >= 11 is 0. The van der Waals surface area contributed by atoms with Crippen molar-refractivity contribution in [3.8, 4) is 11.3 Å². The Morgan fingerprint density at radius 1 is 1.08 bits per heavy atom. The molecule has 0 aliphatic carbocycles. The minimum absolute atomic E-state index is 0. The van der Waals surface area contributed by atoms with Crippen molar-refractivity contribution in [3.63, 3.8) is 0 Å². The van der Waals surface area contributed by atoms with Crippen molar-refractivity contribution in [1.82, 2.24) is 9.47 Å². The van der Waals surface area contributed by atoms with Gasteiger partial charge in [0.1, 0.15) is 5.82 Å². The lowest BCUT2D eigenvalue weighted by Gasteiger charge is -2.10. The molecular weight excluding hydrogens is 327 g/mol. The molecule has 1 aliphatic rings. The van der Waals surface area contributed by atoms with E-state index in [4.69, 9.17) is 0 Å². The monoisotopic (exact) mass is 344 g/mol. The van der Waals surface area contributed by atoms with Crippen LogP contribution < -0.4 is 0 Å². The first-order valence-corrected chi connectivity index (χ1v) is 7.69. The largest absolute Gasteiger partial charge is 0.309 e. The maximum atomic E-state index is 13.8. The molecule has 0 saturated carbocycles. The quantitative estimate of drug-likeness (QED) is 0.562. The lowest BCUT2D eigenvalue weighted by Crippen LogP contribution is -2.15. The van der Waals surface area contributed by atoms with E-state index in [0.717, 1.165) is 46.3 Å². The Labute approximate surface area is 146 Å². The molecule has 0 atom stereocenters. The molecule has 24 heavy (non-hydrogen) atoms. The van der Waals surface area contributed by atoms with Gasteiger partial charge in [0.2, 0.25) is 0 Å². The van der Waals surface area contributed by atoms with Crippen molar-refractivity contribution in [3.05, 3.63) is 59.4 Å². The van der Waals surface area contributed by atoms with E-state index in [0.29, 0.717) is 0 Å². The van der Waals surface area contributed by atoms with Gasteiger partial charge >= 0.3 is 0 Å². The van der Waals surface area contributed by atoms with Crippen LogP contribution in [-0.2, 0) is 6.42 Å². The van der Waals surface area contributed by atoms with E-state index >= 15 is 0 Å². The van der Waals surface area contributed by atoms with E-state index in [1.807, 2.05) is 38.4 Å². The van der Waals surface area contributed by atoms with Crippen molar-refractivity contribution in [2.45, 2.75) is 6.42 Å². The summed E-state index contributed by atoms with van der Waals surface area (Å²) in [5, 5.41) is 0.838. The summed E-state index contributed by atoms with van der Waals surface area (Å²) in [5.74, 6) is -0.295. The van der Waals surface area contributed by atoms with Crippen LogP contribution in [0.1, 0.15) is 15.9 Å². The Morgan fingerprint density at radius 3 is 2.50 bits per heavy atom. The summed E-state index contributed by atoms with van der Waals surface area (Å²) < 4.78 is 15.5. The molecule has 124 valence electrons. The third-order valence-electron chi connectivity index (χ3n) is 4.46. The zero-order chi connectivity index (χ0) is 16.1. The van der Waals surface area contributed by atoms with Crippen molar-refractivity contribution in [2.75, 3.05) is 20.6 Å². The number of nitrogens with zero attached hydrogens (tertiary/aromatic N) is 2. The van der Waals surface area contributed by atoms with E-state index in [2.05, 4.69) is 4.90 Å². The molecule has 5 heteroatoms. The zero-order valence-electron chi connectivity index (χ0n) is 13.5. The minimum Gasteiger partial charge on any atom is -0.309 e. The van der Waals surface area contributed by atoms with Crippen LogP contribution in [0.25, 0.3) is 22.2 Å². The number of halogens is 2. The molecule has 0 unspecified atom stereocenters. The van der Waals surface area contributed by atoms with Crippen LogP contribution in [-0.4, -0.2) is 36.0 Å². The molecule has 1 aliphatic heterocycles. The first kappa shape index (κ1) is 16.7. The van der Waals surface area contributed by atoms with E-state index in [-0.39, 0.29) is 24.1 Å². The molecule has 0 amide bonds. The molecule has 0 spiro atoms. The standard InChI is InChI=1S/C19H17FN2O.ClH/c1-21(2)10-9-14-16-11-12(20)7-8-17(16)22-18(14)13-5-3-4-6-15(13)19(22)23;/h3-8,11H,9-10H2,1-2H3;1H. The van der Waals surface area contributed by atoms with Gasteiger partial charge in [-0.05, 0) is 50.3 Å². The van der Waals surface area contributed by atoms with Gasteiger partial charge in [0.15, 0.2) is 0 Å². The van der Waals surface area contributed by atoms with Crippen LogP contribution >= 0.6 is 12.4 Å². The van der Waals surface area contributed by atoms with Gasteiger partial charge < -0.3 is 4.90 Å². The Bertz CT molecular complexity index is 946. The summed E-state index contributed by atoms with van der Waals surface area (Å²) in [6, 6.07) is 12.3. The molecule has 0 bridgehead atoms. The number of aromatic nitrogens is 1. The van der Waals surface area contributed by atoms with Gasteiger partial charge in [-0.25, -0.2) is 4.39 Å². The number of benzene rings is 2. The highest BCUT2D eigenvalue weighted by atomic mass is 35.5. The van der Waals surface area contributed by atoms with Crippen molar-refractivity contribution in [1.29, 1.82) is 0 Å². The fraction of sp³-hybridized carbons (Fsp3) is 0.211. The molecule has 3 aromatic rings. The molecule has 3 nitrogen and oxygen atoms in total. The van der Waals surface area contributed by atoms with Crippen molar-refractivity contribution >= 4 is 29.2 Å². The number of carbonyl (C=O) groups is 1. The number of likely N-dealkylation sites (N-methyl/N-ethyl adjacent to an activating group) is 1. The number of hydrogen-bond acceptors (Lipinski definition) is 2. The number of hydrogen-bond donors (Lipinski definition) is 0. The van der Waals surface area contributed by atoms with E-state index < -0.39 is 0 Å². The molecule has 0 fully saturated rings. The van der Waals surface area contributed by atoms with Gasteiger partial charge in [0.25, 0.3) is 5.91 Å². The Hall–Kier alpha value is -2.17. The minimum atomic E-state index is -0.270. The fourth-order valence-electron chi connectivity index (χ4n) is 3.41. The first-order chi connectivity index (χ1) is 11.1. The van der Waals surface area contributed by atoms with Crippen LogP contribution in [0.2, 0.25) is 0 Å². The van der Waals surface area contributed by atoms with Crippen LogP contribution in [0.3, 0.4) is 0 Å².